The van der Waals surface area contributed by atoms with E-state index in [1.807, 2.05) is 0 Å². The monoisotopic (exact) mass is 276 g/mol. The van der Waals surface area contributed by atoms with Gasteiger partial charge in [-0.15, -0.1) is 0 Å². The van der Waals surface area contributed by atoms with Gasteiger partial charge in [0.1, 0.15) is 0 Å². The lowest BCUT2D eigenvalue weighted by molar-refractivity contribution is 0.0953. The number of nitrogens with two attached hydrogens (primary N) is 1. The Balaban J connectivity index is 1.89. The third-order valence-corrected chi connectivity index (χ3v) is 2.96. The highest BCUT2D eigenvalue weighted by molar-refractivity contribution is 5.96. The number of carbonyl (C=O) groups excluding carboxylic acids is 2. The molecule has 0 unspecified atom stereocenters. The van der Waals surface area contributed by atoms with E-state index in [2.05, 4.69) is 16.0 Å². The van der Waals surface area contributed by atoms with Crippen molar-refractivity contribution in [2.45, 2.75) is 25.3 Å². The molecule has 0 saturated heterocycles. The van der Waals surface area contributed by atoms with Crippen LogP contribution in [0.25, 0.3) is 0 Å². The summed E-state index contributed by atoms with van der Waals surface area (Å²) >= 11 is 0. The first kappa shape index (κ1) is 14.3. The van der Waals surface area contributed by atoms with Gasteiger partial charge in [0, 0.05) is 23.8 Å². The molecule has 1 fully saturated rings. The molecule has 6 nitrogen and oxygen atoms in total. The maximum atomic E-state index is 11.9. The van der Waals surface area contributed by atoms with Crippen molar-refractivity contribution in [3.8, 4) is 0 Å². The van der Waals surface area contributed by atoms with Gasteiger partial charge in [-0.2, -0.15) is 0 Å². The molecule has 108 valence electrons. The molecule has 0 aromatic heterocycles. The number of anilines is 1. The van der Waals surface area contributed by atoms with Crippen LogP contribution in [0.1, 0.15) is 29.6 Å². The van der Waals surface area contributed by atoms with Gasteiger partial charge in [-0.1, -0.05) is 6.07 Å². The Morgan fingerprint density at radius 3 is 2.80 bits per heavy atom. The molecule has 1 aliphatic rings. The fraction of sp³-hybridized carbons (Fsp3) is 0.429. The molecular weight excluding hydrogens is 256 g/mol. The first-order valence-corrected chi connectivity index (χ1v) is 6.85. The molecule has 0 aliphatic heterocycles. The van der Waals surface area contributed by atoms with Crippen LogP contribution >= 0.6 is 0 Å². The lowest BCUT2D eigenvalue weighted by Crippen LogP contribution is -2.30. The van der Waals surface area contributed by atoms with E-state index >= 15 is 0 Å². The van der Waals surface area contributed by atoms with Crippen molar-refractivity contribution >= 4 is 17.6 Å². The molecule has 3 amide bonds. The fourth-order valence-corrected chi connectivity index (χ4v) is 1.72. The summed E-state index contributed by atoms with van der Waals surface area (Å²) in [7, 11) is 0. The first-order chi connectivity index (χ1) is 9.69. The highest BCUT2D eigenvalue weighted by atomic mass is 16.2. The SMILES string of the molecule is NCCCNC(=O)c1cccc(NC(=O)NC2CC2)c1. The normalized spacial score (nSPS) is 13.7. The molecule has 5 N–H and O–H groups in total. The number of hydrogen-bond acceptors (Lipinski definition) is 3. The van der Waals surface area contributed by atoms with Crippen LogP contribution in [0.3, 0.4) is 0 Å². The Kier molecular flexibility index (Phi) is 4.95. The minimum atomic E-state index is -0.229. The van der Waals surface area contributed by atoms with E-state index in [9.17, 15) is 9.59 Å². The summed E-state index contributed by atoms with van der Waals surface area (Å²) in [5, 5.41) is 8.33. The van der Waals surface area contributed by atoms with Crippen LogP contribution in [0.5, 0.6) is 0 Å². The van der Waals surface area contributed by atoms with Crippen LogP contribution in [0.4, 0.5) is 10.5 Å². The van der Waals surface area contributed by atoms with Gasteiger partial charge in [0.05, 0.1) is 0 Å². The standard InChI is InChI=1S/C14H20N4O2/c15-7-2-8-16-13(19)10-3-1-4-12(9-10)18-14(20)17-11-5-6-11/h1,3-4,9,11H,2,5-8,15H2,(H,16,19)(H2,17,18,20). The first-order valence-electron chi connectivity index (χ1n) is 6.85. The summed E-state index contributed by atoms with van der Waals surface area (Å²) in [6.07, 6.45) is 2.82. The minimum absolute atomic E-state index is 0.162. The third kappa shape index (κ3) is 4.55. The second kappa shape index (κ2) is 6.91. The van der Waals surface area contributed by atoms with Crippen molar-refractivity contribution in [3.63, 3.8) is 0 Å². The van der Waals surface area contributed by atoms with Gasteiger partial charge in [0.2, 0.25) is 0 Å². The van der Waals surface area contributed by atoms with Crippen LogP contribution < -0.4 is 21.7 Å². The van der Waals surface area contributed by atoms with E-state index in [1.54, 1.807) is 24.3 Å². The predicted molar refractivity (Wildman–Crippen MR) is 77.6 cm³/mol. The molecule has 1 saturated carbocycles. The minimum Gasteiger partial charge on any atom is -0.352 e. The van der Waals surface area contributed by atoms with Gasteiger partial charge in [0.15, 0.2) is 0 Å². The molecule has 0 bridgehead atoms. The molecule has 6 heteroatoms. The van der Waals surface area contributed by atoms with E-state index in [1.165, 1.54) is 0 Å². The van der Waals surface area contributed by atoms with Crippen LogP contribution in [-0.4, -0.2) is 31.1 Å². The van der Waals surface area contributed by atoms with Gasteiger partial charge in [0.25, 0.3) is 5.91 Å². The summed E-state index contributed by atoms with van der Waals surface area (Å²) in [4.78, 5) is 23.5. The van der Waals surface area contributed by atoms with Crippen LogP contribution in [-0.2, 0) is 0 Å². The summed E-state index contributed by atoms with van der Waals surface area (Å²) < 4.78 is 0. The van der Waals surface area contributed by atoms with E-state index in [0.29, 0.717) is 30.4 Å². The second-order valence-corrected chi connectivity index (χ2v) is 4.85. The van der Waals surface area contributed by atoms with Gasteiger partial charge >= 0.3 is 6.03 Å². The van der Waals surface area contributed by atoms with Crippen LogP contribution in [0.15, 0.2) is 24.3 Å². The van der Waals surface area contributed by atoms with Crippen molar-refractivity contribution in [2.24, 2.45) is 5.73 Å². The number of carbonyl (C=O) groups is 2. The summed E-state index contributed by atoms with van der Waals surface area (Å²) in [6, 6.07) is 6.94. The number of rotatable bonds is 6. The zero-order valence-electron chi connectivity index (χ0n) is 11.3. The zero-order chi connectivity index (χ0) is 14.4. The Morgan fingerprint density at radius 1 is 1.30 bits per heavy atom. The molecule has 0 radical (unpaired) electrons. The van der Waals surface area contributed by atoms with E-state index in [-0.39, 0.29) is 11.9 Å². The van der Waals surface area contributed by atoms with Crippen LogP contribution in [0, 0.1) is 0 Å². The summed E-state index contributed by atoms with van der Waals surface area (Å²) in [5.41, 5.74) is 6.50. The average molecular weight is 276 g/mol. The molecule has 1 aromatic carbocycles. The molecular formula is C14H20N4O2. The fourth-order valence-electron chi connectivity index (χ4n) is 1.72. The van der Waals surface area contributed by atoms with Crippen molar-refractivity contribution in [2.75, 3.05) is 18.4 Å². The zero-order valence-corrected chi connectivity index (χ0v) is 11.3. The smallest absolute Gasteiger partial charge is 0.319 e. The van der Waals surface area contributed by atoms with Gasteiger partial charge in [-0.25, -0.2) is 4.79 Å². The van der Waals surface area contributed by atoms with E-state index in [4.69, 9.17) is 5.73 Å². The van der Waals surface area contributed by atoms with Gasteiger partial charge in [-0.05, 0) is 44.0 Å². The third-order valence-electron chi connectivity index (χ3n) is 2.96. The lowest BCUT2D eigenvalue weighted by atomic mass is 10.2. The maximum absolute atomic E-state index is 11.9. The Hall–Kier alpha value is -2.08. The topological polar surface area (TPSA) is 96.2 Å². The molecule has 1 aromatic rings. The molecule has 0 spiro atoms. The second-order valence-electron chi connectivity index (χ2n) is 4.85. The number of benzene rings is 1. The van der Waals surface area contributed by atoms with Crippen molar-refractivity contribution < 1.29 is 9.59 Å². The van der Waals surface area contributed by atoms with Crippen molar-refractivity contribution in [1.29, 1.82) is 0 Å². The van der Waals surface area contributed by atoms with Gasteiger partial charge < -0.3 is 21.7 Å². The Labute approximate surface area is 118 Å². The Morgan fingerprint density at radius 2 is 2.10 bits per heavy atom. The molecule has 0 heterocycles. The highest BCUT2D eigenvalue weighted by Crippen LogP contribution is 2.19. The van der Waals surface area contributed by atoms with E-state index in [0.717, 1.165) is 19.3 Å². The van der Waals surface area contributed by atoms with Crippen molar-refractivity contribution in [3.05, 3.63) is 29.8 Å². The highest BCUT2D eigenvalue weighted by Gasteiger charge is 2.23. The molecule has 20 heavy (non-hydrogen) atoms. The van der Waals surface area contributed by atoms with Crippen molar-refractivity contribution in [1.82, 2.24) is 10.6 Å². The van der Waals surface area contributed by atoms with Crippen LogP contribution in [0.2, 0.25) is 0 Å². The van der Waals surface area contributed by atoms with E-state index < -0.39 is 0 Å². The number of hydrogen-bond donors (Lipinski definition) is 4. The maximum Gasteiger partial charge on any atom is 0.319 e. The quantitative estimate of drug-likeness (QED) is 0.585. The number of urea groups is 1. The Bertz CT molecular complexity index is 486. The van der Waals surface area contributed by atoms with Gasteiger partial charge in [-0.3, -0.25) is 4.79 Å². The molecule has 2 rings (SSSR count). The lowest BCUT2D eigenvalue weighted by Gasteiger charge is -2.08. The molecule has 0 atom stereocenters. The largest absolute Gasteiger partial charge is 0.352 e. The summed E-state index contributed by atoms with van der Waals surface area (Å²) in [5.74, 6) is -0.162. The number of nitrogens with one attached hydrogen (secondary N) is 3. The number of amides is 3. The predicted octanol–water partition coefficient (Wildman–Crippen LogP) is 1.05. The summed E-state index contributed by atoms with van der Waals surface area (Å²) in [6.45, 7) is 1.10. The average Bonchev–Trinajstić information content (AvgIpc) is 3.23. The molecule has 1 aliphatic carbocycles.